The van der Waals surface area contributed by atoms with Crippen molar-refractivity contribution in [1.82, 2.24) is 5.32 Å². The van der Waals surface area contributed by atoms with Gasteiger partial charge in [0.15, 0.2) is 11.5 Å². The Morgan fingerprint density at radius 1 is 1.19 bits per heavy atom. The molecule has 0 bridgehead atoms. The third kappa shape index (κ3) is 4.63. The van der Waals surface area contributed by atoms with E-state index in [1.807, 2.05) is 6.07 Å². The molecule has 21 heavy (non-hydrogen) atoms. The van der Waals surface area contributed by atoms with E-state index < -0.39 is 0 Å². The maximum Gasteiger partial charge on any atom is 0.160 e. The van der Waals surface area contributed by atoms with Crippen LogP contribution in [0.3, 0.4) is 0 Å². The number of hydrogen-bond donors (Lipinski definition) is 1. The minimum absolute atomic E-state index is 0.577. The summed E-state index contributed by atoms with van der Waals surface area (Å²) < 4.78 is 10.7. The van der Waals surface area contributed by atoms with Crippen molar-refractivity contribution < 1.29 is 9.47 Å². The predicted molar refractivity (Wildman–Crippen MR) is 87.3 cm³/mol. The van der Waals surface area contributed by atoms with E-state index in [0.29, 0.717) is 6.04 Å². The van der Waals surface area contributed by atoms with E-state index in [2.05, 4.69) is 24.4 Å². The van der Waals surface area contributed by atoms with Crippen LogP contribution in [-0.2, 0) is 6.42 Å². The van der Waals surface area contributed by atoms with Crippen LogP contribution in [0.1, 0.15) is 44.6 Å². The maximum absolute atomic E-state index is 5.41. The molecule has 0 spiro atoms. The lowest BCUT2D eigenvalue weighted by atomic mass is 9.80. The smallest absolute Gasteiger partial charge is 0.160 e. The molecule has 2 rings (SSSR count). The van der Waals surface area contributed by atoms with Gasteiger partial charge in [-0.25, -0.2) is 0 Å². The van der Waals surface area contributed by atoms with E-state index in [4.69, 9.17) is 9.47 Å². The van der Waals surface area contributed by atoms with Crippen molar-refractivity contribution in [3.8, 4) is 11.5 Å². The highest BCUT2D eigenvalue weighted by Gasteiger charge is 2.22. The first-order valence-corrected chi connectivity index (χ1v) is 8.21. The summed E-state index contributed by atoms with van der Waals surface area (Å²) in [4.78, 5) is 0. The van der Waals surface area contributed by atoms with Crippen LogP contribution in [0.5, 0.6) is 11.5 Å². The van der Waals surface area contributed by atoms with Crippen molar-refractivity contribution in [3.05, 3.63) is 23.8 Å². The first-order valence-electron chi connectivity index (χ1n) is 8.21. The molecule has 0 aromatic heterocycles. The molecule has 0 radical (unpaired) electrons. The fourth-order valence-corrected chi connectivity index (χ4v) is 3.01. The molecule has 1 saturated carbocycles. The molecule has 0 saturated heterocycles. The summed E-state index contributed by atoms with van der Waals surface area (Å²) in [6.45, 7) is 3.33. The quantitative estimate of drug-likeness (QED) is 0.750. The Morgan fingerprint density at radius 2 is 1.95 bits per heavy atom. The van der Waals surface area contributed by atoms with Gasteiger partial charge in [-0.3, -0.25) is 0 Å². The molecule has 3 heteroatoms. The second-order valence-electron chi connectivity index (χ2n) is 6.08. The predicted octanol–water partition coefficient (Wildman–Crippen LogP) is 3.80. The molecule has 1 fully saturated rings. The lowest BCUT2D eigenvalue weighted by Gasteiger charge is -2.30. The van der Waals surface area contributed by atoms with Crippen LogP contribution in [0.15, 0.2) is 18.2 Å². The molecule has 1 unspecified atom stereocenters. The van der Waals surface area contributed by atoms with Crippen LogP contribution in [0, 0.1) is 5.92 Å². The summed E-state index contributed by atoms with van der Waals surface area (Å²) in [5, 5.41) is 3.71. The van der Waals surface area contributed by atoms with E-state index in [1.165, 1.54) is 37.7 Å². The Morgan fingerprint density at radius 3 is 2.52 bits per heavy atom. The van der Waals surface area contributed by atoms with Crippen LogP contribution < -0.4 is 14.8 Å². The van der Waals surface area contributed by atoms with Crippen molar-refractivity contribution in [2.45, 2.75) is 51.5 Å². The molecule has 0 amide bonds. The van der Waals surface area contributed by atoms with Crippen LogP contribution >= 0.6 is 0 Å². The fourth-order valence-electron chi connectivity index (χ4n) is 3.01. The van der Waals surface area contributed by atoms with Crippen LogP contribution in [0.2, 0.25) is 0 Å². The van der Waals surface area contributed by atoms with Gasteiger partial charge in [-0.15, -0.1) is 0 Å². The van der Waals surface area contributed by atoms with Gasteiger partial charge in [-0.05, 0) is 49.4 Å². The minimum Gasteiger partial charge on any atom is -0.493 e. The highest BCUT2D eigenvalue weighted by molar-refractivity contribution is 5.43. The molecule has 3 nitrogen and oxygen atoms in total. The van der Waals surface area contributed by atoms with Crippen LogP contribution in [0.25, 0.3) is 0 Å². The molecule has 1 aromatic carbocycles. The van der Waals surface area contributed by atoms with Gasteiger partial charge in [-0.1, -0.05) is 32.3 Å². The van der Waals surface area contributed by atoms with Gasteiger partial charge in [0.05, 0.1) is 14.2 Å². The summed E-state index contributed by atoms with van der Waals surface area (Å²) in [6, 6.07) is 6.85. The van der Waals surface area contributed by atoms with Gasteiger partial charge >= 0.3 is 0 Å². The van der Waals surface area contributed by atoms with Crippen molar-refractivity contribution >= 4 is 0 Å². The normalized spacial score (nSPS) is 16.3. The lowest BCUT2D eigenvalue weighted by molar-refractivity contribution is 0.259. The molecule has 1 aliphatic rings. The molecular formula is C18H29NO2. The number of ether oxygens (including phenoxy) is 2. The fraction of sp³-hybridized carbons (Fsp3) is 0.667. The zero-order chi connectivity index (χ0) is 15.1. The third-order valence-corrected chi connectivity index (χ3v) is 4.46. The lowest BCUT2D eigenvalue weighted by Crippen LogP contribution is -2.35. The van der Waals surface area contributed by atoms with Crippen molar-refractivity contribution in [2.75, 3.05) is 20.8 Å². The van der Waals surface area contributed by atoms with Gasteiger partial charge in [0.2, 0.25) is 0 Å². The molecule has 0 aliphatic heterocycles. The van der Waals surface area contributed by atoms with E-state index in [0.717, 1.165) is 30.4 Å². The first kappa shape index (κ1) is 16.2. The number of rotatable bonds is 9. The topological polar surface area (TPSA) is 30.5 Å². The van der Waals surface area contributed by atoms with Gasteiger partial charge in [-0.2, -0.15) is 0 Å². The minimum atomic E-state index is 0.577. The number of benzene rings is 1. The molecular weight excluding hydrogens is 262 g/mol. The van der Waals surface area contributed by atoms with Crippen LogP contribution in [0.4, 0.5) is 0 Å². The third-order valence-electron chi connectivity index (χ3n) is 4.46. The second kappa shape index (κ2) is 8.28. The second-order valence-corrected chi connectivity index (χ2v) is 6.08. The number of hydrogen-bond acceptors (Lipinski definition) is 3. The number of nitrogens with one attached hydrogen (secondary N) is 1. The zero-order valence-corrected chi connectivity index (χ0v) is 13.7. The first-order chi connectivity index (χ1) is 10.3. The molecule has 1 N–H and O–H groups in total. The Hall–Kier alpha value is -1.22. The Labute approximate surface area is 129 Å². The highest BCUT2D eigenvalue weighted by Crippen LogP contribution is 2.32. The Balaban J connectivity index is 2.00. The average molecular weight is 291 g/mol. The zero-order valence-electron chi connectivity index (χ0n) is 13.7. The SMILES string of the molecule is CCCNC(Cc1ccc(OC)c(OC)c1)CC1CCC1. The van der Waals surface area contributed by atoms with E-state index >= 15 is 0 Å². The van der Waals surface area contributed by atoms with E-state index in [9.17, 15) is 0 Å². The van der Waals surface area contributed by atoms with Crippen molar-refractivity contribution in [2.24, 2.45) is 5.92 Å². The van der Waals surface area contributed by atoms with Gasteiger partial charge in [0.25, 0.3) is 0 Å². The molecule has 1 aromatic rings. The Bertz CT molecular complexity index is 429. The standard InChI is InChI=1S/C18H29NO2/c1-4-10-19-16(11-14-6-5-7-14)12-15-8-9-17(20-2)18(13-15)21-3/h8-9,13-14,16,19H,4-7,10-12H2,1-3H3. The summed E-state index contributed by atoms with van der Waals surface area (Å²) in [5.41, 5.74) is 1.32. The van der Waals surface area contributed by atoms with Crippen molar-refractivity contribution in [1.29, 1.82) is 0 Å². The van der Waals surface area contributed by atoms with Crippen LogP contribution in [-0.4, -0.2) is 26.8 Å². The number of methoxy groups -OCH3 is 2. The molecule has 0 heterocycles. The summed E-state index contributed by atoms with van der Waals surface area (Å²) >= 11 is 0. The van der Waals surface area contributed by atoms with E-state index in [1.54, 1.807) is 14.2 Å². The largest absolute Gasteiger partial charge is 0.493 e. The molecule has 118 valence electrons. The van der Waals surface area contributed by atoms with Gasteiger partial charge < -0.3 is 14.8 Å². The highest BCUT2D eigenvalue weighted by atomic mass is 16.5. The van der Waals surface area contributed by atoms with Gasteiger partial charge in [0, 0.05) is 6.04 Å². The summed E-state index contributed by atoms with van der Waals surface area (Å²) in [6.07, 6.45) is 7.80. The van der Waals surface area contributed by atoms with Crippen molar-refractivity contribution in [3.63, 3.8) is 0 Å². The molecule has 1 aliphatic carbocycles. The monoisotopic (exact) mass is 291 g/mol. The summed E-state index contributed by atoms with van der Waals surface area (Å²) in [7, 11) is 3.38. The molecule has 1 atom stereocenters. The van der Waals surface area contributed by atoms with E-state index in [-0.39, 0.29) is 0 Å². The Kier molecular flexibility index (Phi) is 6.37. The summed E-state index contributed by atoms with van der Waals surface area (Å²) in [5.74, 6) is 2.56. The van der Waals surface area contributed by atoms with Gasteiger partial charge in [0.1, 0.15) is 0 Å². The average Bonchev–Trinajstić information content (AvgIpc) is 2.47. The maximum atomic E-state index is 5.41.